The van der Waals surface area contributed by atoms with E-state index in [2.05, 4.69) is 5.32 Å². The smallest absolute Gasteiger partial charge is 0.253 e. The van der Waals surface area contributed by atoms with Crippen molar-refractivity contribution in [2.24, 2.45) is 5.92 Å². The summed E-state index contributed by atoms with van der Waals surface area (Å²) in [5, 5.41) is 2.86. The second-order valence-corrected chi connectivity index (χ2v) is 7.67. The number of anilines is 1. The summed E-state index contributed by atoms with van der Waals surface area (Å²) >= 11 is 0. The zero-order chi connectivity index (χ0) is 20.1. The normalized spacial score (nSPS) is 16.7. The SMILES string of the molecule is Cc1ccc(C(=O)N2CCC[C@H](CCC(=O)Nc3ccc(F)cc3C)C2)cc1. The Bertz CT molecular complexity index is 848. The number of hydrogen-bond donors (Lipinski definition) is 1. The van der Waals surface area contributed by atoms with E-state index in [4.69, 9.17) is 0 Å². The zero-order valence-corrected chi connectivity index (χ0v) is 16.5. The first-order valence-electron chi connectivity index (χ1n) is 9.84. The molecule has 0 saturated carbocycles. The highest BCUT2D eigenvalue weighted by Crippen LogP contribution is 2.23. The number of carbonyl (C=O) groups is 2. The molecule has 0 spiro atoms. The molecule has 0 aromatic heterocycles. The Morgan fingerprint density at radius 2 is 1.89 bits per heavy atom. The van der Waals surface area contributed by atoms with Crippen molar-refractivity contribution in [1.29, 1.82) is 0 Å². The maximum Gasteiger partial charge on any atom is 0.253 e. The molecule has 2 aromatic rings. The van der Waals surface area contributed by atoms with Crippen LogP contribution in [0.1, 0.15) is 47.2 Å². The number of likely N-dealkylation sites (tertiary alicyclic amines) is 1. The third-order valence-electron chi connectivity index (χ3n) is 5.35. The van der Waals surface area contributed by atoms with Gasteiger partial charge in [0, 0.05) is 30.8 Å². The highest BCUT2D eigenvalue weighted by Gasteiger charge is 2.24. The van der Waals surface area contributed by atoms with E-state index in [9.17, 15) is 14.0 Å². The molecule has 0 aliphatic carbocycles. The van der Waals surface area contributed by atoms with Crippen LogP contribution in [0, 0.1) is 25.6 Å². The first kappa shape index (κ1) is 20.1. The average molecular weight is 382 g/mol. The molecule has 1 aliphatic heterocycles. The number of halogens is 1. The molecule has 2 aromatic carbocycles. The Morgan fingerprint density at radius 1 is 1.14 bits per heavy atom. The molecular weight excluding hydrogens is 355 g/mol. The molecule has 0 unspecified atom stereocenters. The van der Waals surface area contributed by atoms with Gasteiger partial charge in [-0.15, -0.1) is 0 Å². The monoisotopic (exact) mass is 382 g/mol. The molecule has 4 nitrogen and oxygen atoms in total. The second-order valence-electron chi connectivity index (χ2n) is 7.67. The van der Waals surface area contributed by atoms with Crippen LogP contribution < -0.4 is 5.32 Å². The van der Waals surface area contributed by atoms with E-state index < -0.39 is 0 Å². The predicted octanol–water partition coefficient (Wildman–Crippen LogP) is 4.71. The minimum atomic E-state index is -0.309. The molecular formula is C23H27FN2O2. The molecule has 2 amide bonds. The average Bonchev–Trinajstić information content (AvgIpc) is 2.69. The number of nitrogens with zero attached hydrogens (tertiary/aromatic N) is 1. The lowest BCUT2D eigenvalue weighted by Crippen LogP contribution is -2.40. The molecule has 1 fully saturated rings. The zero-order valence-electron chi connectivity index (χ0n) is 16.5. The molecule has 1 atom stereocenters. The minimum Gasteiger partial charge on any atom is -0.338 e. The number of carbonyl (C=O) groups excluding carboxylic acids is 2. The third-order valence-corrected chi connectivity index (χ3v) is 5.35. The van der Waals surface area contributed by atoms with Gasteiger partial charge in [0.05, 0.1) is 0 Å². The standard InChI is InChI=1S/C23H27FN2O2/c1-16-5-8-19(9-6-16)23(28)26-13-3-4-18(15-26)7-12-22(27)25-21-11-10-20(24)14-17(21)2/h5-6,8-11,14,18H,3-4,7,12-13,15H2,1-2H3,(H,25,27)/t18-/m1/s1. The minimum absolute atomic E-state index is 0.0658. The van der Waals surface area contributed by atoms with Crippen LogP contribution in [-0.4, -0.2) is 29.8 Å². The highest BCUT2D eigenvalue weighted by atomic mass is 19.1. The molecule has 1 aliphatic rings. The van der Waals surface area contributed by atoms with Gasteiger partial charge in [-0.2, -0.15) is 0 Å². The summed E-state index contributed by atoms with van der Waals surface area (Å²) in [7, 11) is 0. The number of piperidine rings is 1. The van der Waals surface area contributed by atoms with Crippen molar-refractivity contribution in [2.45, 2.75) is 39.5 Å². The summed E-state index contributed by atoms with van der Waals surface area (Å²) in [6.07, 6.45) is 3.12. The van der Waals surface area contributed by atoms with Crippen molar-refractivity contribution in [3.8, 4) is 0 Å². The van der Waals surface area contributed by atoms with E-state index in [1.165, 1.54) is 12.1 Å². The lowest BCUT2D eigenvalue weighted by atomic mass is 9.92. The van der Waals surface area contributed by atoms with E-state index in [1.54, 1.807) is 13.0 Å². The number of amides is 2. The molecule has 0 radical (unpaired) electrons. The summed E-state index contributed by atoms with van der Waals surface area (Å²) in [6, 6.07) is 12.0. The fourth-order valence-electron chi connectivity index (χ4n) is 3.68. The molecule has 28 heavy (non-hydrogen) atoms. The Labute approximate surface area is 165 Å². The third kappa shape index (κ3) is 5.18. The highest BCUT2D eigenvalue weighted by molar-refractivity contribution is 5.94. The van der Waals surface area contributed by atoms with Crippen LogP contribution in [0.15, 0.2) is 42.5 Å². The largest absolute Gasteiger partial charge is 0.338 e. The van der Waals surface area contributed by atoms with Crippen molar-refractivity contribution in [3.63, 3.8) is 0 Å². The van der Waals surface area contributed by atoms with Gasteiger partial charge in [-0.1, -0.05) is 17.7 Å². The first-order valence-corrected chi connectivity index (χ1v) is 9.84. The molecule has 148 valence electrons. The lowest BCUT2D eigenvalue weighted by molar-refractivity contribution is -0.116. The number of hydrogen-bond acceptors (Lipinski definition) is 2. The molecule has 1 N–H and O–H groups in total. The van der Waals surface area contributed by atoms with Gasteiger partial charge in [-0.25, -0.2) is 4.39 Å². The lowest BCUT2D eigenvalue weighted by Gasteiger charge is -2.33. The summed E-state index contributed by atoms with van der Waals surface area (Å²) in [6.45, 7) is 5.23. The van der Waals surface area contributed by atoms with Crippen molar-refractivity contribution >= 4 is 17.5 Å². The van der Waals surface area contributed by atoms with Gasteiger partial charge < -0.3 is 10.2 Å². The number of benzene rings is 2. The van der Waals surface area contributed by atoms with Gasteiger partial charge in [-0.05, 0) is 74.9 Å². The van der Waals surface area contributed by atoms with Gasteiger partial charge in [0.15, 0.2) is 0 Å². The first-order chi connectivity index (χ1) is 13.4. The van der Waals surface area contributed by atoms with Gasteiger partial charge in [-0.3, -0.25) is 9.59 Å². The summed E-state index contributed by atoms with van der Waals surface area (Å²) in [4.78, 5) is 26.9. The summed E-state index contributed by atoms with van der Waals surface area (Å²) in [5.41, 5.74) is 3.21. The molecule has 0 bridgehead atoms. The van der Waals surface area contributed by atoms with Gasteiger partial charge in [0.1, 0.15) is 5.82 Å². The van der Waals surface area contributed by atoms with Gasteiger partial charge in [0.2, 0.25) is 5.91 Å². The Morgan fingerprint density at radius 3 is 2.61 bits per heavy atom. The fraction of sp³-hybridized carbons (Fsp3) is 0.391. The molecule has 1 saturated heterocycles. The van der Waals surface area contributed by atoms with E-state index in [0.29, 0.717) is 30.1 Å². The van der Waals surface area contributed by atoms with Crippen LogP contribution in [0.3, 0.4) is 0 Å². The van der Waals surface area contributed by atoms with E-state index >= 15 is 0 Å². The van der Waals surface area contributed by atoms with Crippen LogP contribution in [-0.2, 0) is 4.79 Å². The van der Waals surface area contributed by atoms with E-state index in [-0.39, 0.29) is 17.6 Å². The van der Waals surface area contributed by atoms with Crippen LogP contribution in [0.4, 0.5) is 10.1 Å². The molecule has 5 heteroatoms. The predicted molar refractivity (Wildman–Crippen MR) is 109 cm³/mol. The van der Waals surface area contributed by atoms with Crippen LogP contribution in [0.5, 0.6) is 0 Å². The quantitative estimate of drug-likeness (QED) is 0.814. The molecule has 1 heterocycles. The maximum absolute atomic E-state index is 13.2. The maximum atomic E-state index is 13.2. The summed E-state index contributed by atoms with van der Waals surface area (Å²) in [5.74, 6) is 0.00651. The Balaban J connectivity index is 1.51. The van der Waals surface area contributed by atoms with Gasteiger partial charge >= 0.3 is 0 Å². The van der Waals surface area contributed by atoms with Crippen molar-refractivity contribution in [2.75, 3.05) is 18.4 Å². The number of rotatable bonds is 5. The summed E-state index contributed by atoms with van der Waals surface area (Å²) < 4.78 is 13.2. The Hall–Kier alpha value is -2.69. The Kier molecular flexibility index (Phi) is 6.45. The van der Waals surface area contributed by atoms with Gasteiger partial charge in [0.25, 0.3) is 5.91 Å². The second kappa shape index (κ2) is 9.00. The fourth-order valence-corrected chi connectivity index (χ4v) is 3.68. The number of aryl methyl sites for hydroxylation is 2. The van der Waals surface area contributed by atoms with Crippen LogP contribution >= 0.6 is 0 Å². The van der Waals surface area contributed by atoms with E-state index in [0.717, 1.165) is 36.9 Å². The van der Waals surface area contributed by atoms with Crippen molar-refractivity contribution in [3.05, 3.63) is 65.0 Å². The van der Waals surface area contributed by atoms with Crippen LogP contribution in [0.25, 0.3) is 0 Å². The van der Waals surface area contributed by atoms with Crippen LogP contribution in [0.2, 0.25) is 0 Å². The van der Waals surface area contributed by atoms with Crippen molar-refractivity contribution < 1.29 is 14.0 Å². The number of nitrogens with one attached hydrogen (secondary N) is 1. The topological polar surface area (TPSA) is 49.4 Å². The van der Waals surface area contributed by atoms with E-state index in [1.807, 2.05) is 36.1 Å². The van der Waals surface area contributed by atoms with Crippen molar-refractivity contribution in [1.82, 2.24) is 4.90 Å². The molecule has 3 rings (SSSR count).